The van der Waals surface area contributed by atoms with Crippen molar-refractivity contribution >= 4 is 0 Å². The summed E-state index contributed by atoms with van der Waals surface area (Å²) in [6.45, 7) is 14.5. The number of hydrogen-bond acceptors (Lipinski definition) is 2. The molecule has 0 spiro atoms. The third kappa shape index (κ3) is 8.23. The fourth-order valence-corrected chi connectivity index (χ4v) is 4.78. The van der Waals surface area contributed by atoms with Gasteiger partial charge in [-0.2, -0.15) is 13.2 Å². The van der Waals surface area contributed by atoms with E-state index in [-0.39, 0.29) is 34.5 Å². The van der Waals surface area contributed by atoms with Crippen LogP contribution in [0.3, 0.4) is 0 Å². The van der Waals surface area contributed by atoms with Crippen LogP contribution in [0.2, 0.25) is 0 Å². The van der Waals surface area contributed by atoms with E-state index in [1.54, 1.807) is 0 Å². The molecule has 2 aromatic carbocycles. The van der Waals surface area contributed by atoms with Gasteiger partial charge in [0.1, 0.15) is 23.9 Å². The Morgan fingerprint density at radius 2 is 1.77 bits per heavy atom. The summed E-state index contributed by atoms with van der Waals surface area (Å²) in [7, 11) is 0. The Balaban J connectivity index is 0.00000205. The SMILES string of the molecule is C=C(/C=C1/CC(C)C/C1=C/C)OCc1cc(-c2ccc(OCCC3(C)CC3)cc2C(F)(F)F)ccc1F.CC. The highest BCUT2D eigenvalue weighted by Gasteiger charge is 2.37. The van der Waals surface area contributed by atoms with Gasteiger partial charge < -0.3 is 9.47 Å². The standard InChI is InChI=1S/C31H34F4O2.C2H6/c1-5-22-14-20(2)15-24(22)16-21(3)37-19-25-17-23(6-9-29(25)32)27-8-7-26(18-28(27)31(33,34)35)36-13-12-30(4)10-11-30;1-2/h5-9,16-18,20H,3,10-15,19H2,1-2,4H3;1-2H3/b22-5-,24-16-;. The fourth-order valence-electron chi connectivity index (χ4n) is 4.78. The minimum absolute atomic E-state index is 0.0335. The summed E-state index contributed by atoms with van der Waals surface area (Å²) >= 11 is 0. The molecule has 1 atom stereocenters. The van der Waals surface area contributed by atoms with Gasteiger partial charge in [0.05, 0.1) is 12.2 Å². The molecule has 2 fully saturated rings. The number of halogens is 4. The molecule has 1 unspecified atom stereocenters. The van der Waals surface area contributed by atoms with E-state index in [1.165, 1.54) is 35.9 Å². The summed E-state index contributed by atoms with van der Waals surface area (Å²) in [6, 6.07) is 7.88. The number of alkyl halides is 3. The summed E-state index contributed by atoms with van der Waals surface area (Å²) in [5, 5.41) is 0. The van der Waals surface area contributed by atoms with Crippen LogP contribution in [0, 0.1) is 17.2 Å². The van der Waals surface area contributed by atoms with Crippen LogP contribution in [0.15, 0.2) is 72.0 Å². The van der Waals surface area contributed by atoms with Crippen LogP contribution >= 0.6 is 0 Å². The van der Waals surface area contributed by atoms with Crippen molar-refractivity contribution in [2.45, 2.75) is 79.5 Å². The van der Waals surface area contributed by atoms with Crippen molar-refractivity contribution in [2.75, 3.05) is 6.61 Å². The maximum absolute atomic E-state index is 14.6. The molecule has 2 aliphatic rings. The first-order chi connectivity index (χ1) is 18.5. The van der Waals surface area contributed by atoms with E-state index in [2.05, 4.69) is 26.5 Å². The van der Waals surface area contributed by atoms with Crippen LogP contribution < -0.4 is 4.74 Å². The van der Waals surface area contributed by atoms with E-state index in [9.17, 15) is 17.6 Å². The molecule has 212 valence electrons. The van der Waals surface area contributed by atoms with Gasteiger partial charge in [0, 0.05) is 5.56 Å². The van der Waals surface area contributed by atoms with Crippen molar-refractivity contribution in [1.29, 1.82) is 0 Å². The minimum Gasteiger partial charge on any atom is -0.494 e. The van der Waals surface area contributed by atoms with Crippen LogP contribution in [0.25, 0.3) is 11.1 Å². The lowest BCUT2D eigenvalue weighted by Gasteiger charge is -2.17. The Bertz CT molecular complexity index is 1220. The second-order valence-electron chi connectivity index (χ2n) is 10.7. The summed E-state index contributed by atoms with van der Waals surface area (Å²) in [4.78, 5) is 0. The number of allylic oxidation sites excluding steroid dienone is 4. The zero-order valence-electron chi connectivity index (χ0n) is 23.7. The smallest absolute Gasteiger partial charge is 0.417 e. The van der Waals surface area contributed by atoms with Crippen LogP contribution in [0.1, 0.15) is 77.8 Å². The average molecular weight is 545 g/mol. The maximum atomic E-state index is 14.6. The highest BCUT2D eigenvalue weighted by Crippen LogP contribution is 2.48. The first-order valence-electron chi connectivity index (χ1n) is 13.8. The summed E-state index contributed by atoms with van der Waals surface area (Å²) in [5.41, 5.74) is 2.23. The molecule has 6 heteroatoms. The topological polar surface area (TPSA) is 18.5 Å². The average Bonchev–Trinajstić information content (AvgIpc) is 3.52. The van der Waals surface area contributed by atoms with Gasteiger partial charge in [-0.05, 0) is 103 Å². The fraction of sp³-hybridized carbons (Fsp3) is 0.455. The summed E-state index contributed by atoms with van der Waals surface area (Å²) < 4.78 is 67.8. The predicted molar refractivity (Wildman–Crippen MR) is 150 cm³/mol. The Hall–Kier alpha value is -3.02. The van der Waals surface area contributed by atoms with E-state index in [0.717, 1.165) is 43.7 Å². The van der Waals surface area contributed by atoms with Crippen molar-refractivity contribution in [1.82, 2.24) is 0 Å². The number of rotatable bonds is 9. The van der Waals surface area contributed by atoms with Crippen LogP contribution in [-0.2, 0) is 17.5 Å². The third-order valence-electron chi connectivity index (χ3n) is 7.38. The van der Waals surface area contributed by atoms with Gasteiger partial charge >= 0.3 is 6.18 Å². The van der Waals surface area contributed by atoms with Crippen molar-refractivity contribution < 1.29 is 27.0 Å². The monoisotopic (exact) mass is 544 g/mol. The van der Waals surface area contributed by atoms with E-state index in [0.29, 0.717) is 18.3 Å². The third-order valence-corrected chi connectivity index (χ3v) is 7.38. The highest BCUT2D eigenvalue weighted by atomic mass is 19.4. The molecular formula is C33H40F4O2. The largest absolute Gasteiger partial charge is 0.494 e. The first-order valence-corrected chi connectivity index (χ1v) is 13.8. The molecule has 0 aromatic heterocycles. The molecule has 0 bridgehead atoms. The number of hydrogen-bond donors (Lipinski definition) is 0. The van der Waals surface area contributed by atoms with Gasteiger partial charge in [-0.25, -0.2) is 4.39 Å². The first kappa shape index (κ1) is 30.5. The summed E-state index contributed by atoms with van der Waals surface area (Å²) in [5.74, 6) is 0.568. The molecule has 2 aromatic rings. The molecule has 0 aliphatic heterocycles. The number of benzene rings is 2. The van der Waals surface area contributed by atoms with Crippen LogP contribution in [0.4, 0.5) is 17.6 Å². The lowest BCUT2D eigenvalue weighted by atomic mass is 9.97. The molecule has 0 saturated heterocycles. The van der Waals surface area contributed by atoms with Crippen LogP contribution in [0.5, 0.6) is 5.75 Å². The van der Waals surface area contributed by atoms with Crippen molar-refractivity contribution in [3.05, 3.63) is 89.0 Å². The highest BCUT2D eigenvalue weighted by molar-refractivity contribution is 5.70. The Morgan fingerprint density at radius 3 is 2.41 bits per heavy atom. The van der Waals surface area contributed by atoms with E-state index in [1.807, 2.05) is 26.8 Å². The van der Waals surface area contributed by atoms with Crippen molar-refractivity contribution in [2.24, 2.45) is 11.3 Å². The normalized spacial score (nSPS) is 20.0. The molecule has 2 aliphatic carbocycles. The van der Waals surface area contributed by atoms with E-state index < -0.39 is 17.6 Å². The Labute approximate surface area is 230 Å². The molecule has 39 heavy (non-hydrogen) atoms. The second kappa shape index (κ2) is 12.9. The van der Waals surface area contributed by atoms with Gasteiger partial charge in [0.2, 0.25) is 0 Å². The lowest BCUT2D eigenvalue weighted by molar-refractivity contribution is -0.137. The van der Waals surface area contributed by atoms with Gasteiger partial charge in [-0.1, -0.05) is 52.5 Å². The molecule has 2 nitrogen and oxygen atoms in total. The Morgan fingerprint density at radius 1 is 1.08 bits per heavy atom. The van der Waals surface area contributed by atoms with Crippen molar-refractivity contribution in [3.8, 4) is 16.9 Å². The Kier molecular flexibility index (Phi) is 10.1. The van der Waals surface area contributed by atoms with Gasteiger partial charge in [0.15, 0.2) is 0 Å². The second-order valence-corrected chi connectivity index (χ2v) is 10.7. The number of ether oxygens (including phenoxy) is 2. The molecule has 0 radical (unpaired) electrons. The van der Waals surface area contributed by atoms with Gasteiger partial charge in [-0.15, -0.1) is 0 Å². The molecular weight excluding hydrogens is 504 g/mol. The molecule has 2 saturated carbocycles. The molecule has 0 N–H and O–H groups in total. The maximum Gasteiger partial charge on any atom is 0.417 e. The minimum atomic E-state index is -4.59. The molecule has 4 rings (SSSR count). The lowest BCUT2D eigenvalue weighted by Crippen LogP contribution is -2.09. The van der Waals surface area contributed by atoms with E-state index in [4.69, 9.17) is 9.47 Å². The van der Waals surface area contributed by atoms with E-state index >= 15 is 0 Å². The molecule has 0 amide bonds. The zero-order valence-corrected chi connectivity index (χ0v) is 23.7. The predicted octanol–water partition coefficient (Wildman–Crippen LogP) is 10.4. The van der Waals surface area contributed by atoms with Crippen LogP contribution in [-0.4, -0.2) is 6.61 Å². The van der Waals surface area contributed by atoms with Crippen molar-refractivity contribution in [3.63, 3.8) is 0 Å². The zero-order chi connectivity index (χ0) is 28.8. The quantitative estimate of drug-likeness (QED) is 0.231. The molecule has 0 heterocycles. The van der Waals surface area contributed by atoms with Gasteiger partial charge in [-0.3, -0.25) is 0 Å². The summed E-state index contributed by atoms with van der Waals surface area (Å²) in [6.07, 6.45) is 4.34. The van der Waals surface area contributed by atoms with Gasteiger partial charge in [0.25, 0.3) is 0 Å².